The second-order valence-corrected chi connectivity index (χ2v) is 4.30. The van der Waals surface area contributed by atoms with E-state index in [1.165, 1.54) is 5.69 Å². The van der Waals surface area contributed by atoms with Gasteiger partial charge in [0.05, 0.1) is 18.6 Å². The van der Waals surface area contributed by atoms with Crippen LogP contribution in [-0.4, -0.2) is 19.3 Å². The van der Waals surface area contributed by atoms with E-state index in [-0.39, 0.29) is 0 Å². The Morgan fingerprint density at radius 1 is 1.41 bits per heavy atom. The highest BCUT2D eigenvalue weighted by atomic mass is 15.3. The number of nitrogens with zero attached hydrogens (tertiary/aromatic N) is 4. The Labute approximate surface area is 101 Å². The summed E-state index contributed by atoms with van der Waals surface area (Å²) in [5.41, 5.74) is 1.17. The second kappa shape index (κ2) is 5.03. The molecule has 0 saturated carbocycles. The van der Waals surface area contributed by atoms with Crippen LogP contribution < -0.4 is 5.32 Å². The first-order valence-corrected chi connectivity index (χ1v) is 5.98. The Morgan fingerprint density at radius 3 is 2.88 bits per heavy atom. The molecule has 0 aliphatic rings. The quantitative estimate of drug-likeness (QED) is 0.862. The van der Waals surface area contributed by atoms with Gasteiger partial charge < -0.3 is 9.88 Å². The molecule has 2 rings (SSSR count). The number of hydrogen-bond donors (Lipinski definition) is 1. The fourth-order valence-corrected chi connectivity index (χ4v) is 1.68. The summed E-state index contributed by atoms with van der Waals surface area (Å²) in [6, 6.07) is 2.39. The number of aromatic nitrogens is 4. The van der Waals surface area contributed by atoms with Crippen LogP contribution in [-0.2, 0) is 13.1 Å². The Kier molecular flexibility index (Phi) is 3.46. The first kappa shape index (κ1) is 11.7. The molecule has 0 fully saturated rings. The van der Waals surface area contributed by atoms with E-state index >= 15 is 0 Å². The summed E-state index contributed by atoms with van der Waals surface area (Å²) in [5.74, 6) is 0.905. The molecular weight excluding hydrogens is 214 g/mol. The number of imidazole rings is 1. The predicted octanol–water partition coefficient (Wildman–Crippen LogP) is 2.29. The number of rotatable bonds is 5. The minimum absolute atomic E-state index is 0.395. The molecule has 0 amide bonds. The molecule has 0 aliphatic carbocycles. The third kappa shape index (κ3) is 2.67. The highest BCUT2D eigenvalue weighted by Crippen LogP contribution is 2.09. The van der Waals surface area contributed by atoms with Crippen LogP contribution in [0.2, 0.25) is 0 Å². The van der Waals surface area contributed by atoms with Gasteiger partial charge in [-0.3, -0.25) is 4.68 Å². The average Bonchev–Trinajstić information content (AvgIpc) is 2.95. The minimum Gasteiger partial charge on any atom is -0.363 e. The van der Waals surface area contributed by atoms with Crippen LogP contribution >= 0.6 is 0 Å². The van der Waals surface area contributed by atoms with Gasteiger partial charge in [0.2, 0.25) is 0 Å². The molecule has 5 nitrogen and oxygen atoms in total. The van der Waals surface area contributed by atoms with E-state index in [1.54, 1.807) is 0 Å². The van der Waals surface area contributed by atoms with E-state index in [0.717, 1.165) is 18.9 Å². The molecule has 2 heterocycles. The average molecular weight is 233 g/mol. The van der Waals surface area contributed by atoms with Gasteiger partial charge in [-0.25, -0.2) is 4.98 Å². The molecule has 5 heteroatoms. The van der Waals surface area contributed by atoms with Crippen LogP contribution in [0.3, 0.4) is 0 Å². The van der Waals surface area contributed by atoms with Crippen molar-refractivity contribution in [2.45, 2.75) is 39.9 Å². The third-order valence-corrected chi connectivity index (χ3v) is 2.73. The zero-order valence-electron chi connectivity index (χ0n) is 10.6. The topological polar surface area (TPSA) is 47.7 Å². The summed E-state index contributed by atoms with van der Waals surface area (Å²) in [7, 11) is 0. The van der Waals surface area contributed by atoms with Crippen molar-refractivity contribution in [3.05, 3.63) is 30.5 Å². The monoisotopic (exact) mass is 233 g/mol. The van der Waals surface area contributed by atoms with Gasteiger partial charge in [-0.15, -0.1) is 0 Å². The Balaban J connectivity index is 1.97. The lowest BCUT2D eigenvalue weighted by Crippen LogP contribution is -2.07. The minimum atomic E-state index is 0.395. The maximum Gasteiger partial charge on any atom is 0.148 e. The molecule has 0 aromatic carbocycles. The van der Waals surface area contributed by atoms with Gasteiger partial charge in [0.1, 0.15) is 5.82 Å². The van der Waals surface area contributed by atoms with Gasteiger partial charge >= 0.3 is 0 Å². The maximum atomic E-state index is 4.44. The smallest absolute Gasteiger partial charge is 0.148 e. The molecule has 0 aliphatic heterocycles. The van der Waals surface area contributed by atoms with E-state index in [4.69, 9.17) is 0 Å². The number of hydrogen-bond acceptors (Lipinski definition) is 3. The standard InChI is InChI=1S/C12H19N5/c1-4-16-9-13-7-11(16)8-14-12-5-6-17(15-12)10(2)3/h5-7,9-10H,4,8H2,1-3H3,(H,14,15). The van der Waals surface area contributed by atoms with Crippen molar-refractivity contribution in [1.29, 1.82) is 0 Å². The molecule has 0 bridgehead atoms. The van der Waals surface area contributed by atoms with Gasteiger partial charge in [0, 0.05) is 31.0 Å². The van der Waals surface area contributed by atoms with E-state index in [1.807, 2.05) is 29.5 Å². The van der Waals surface area contributed by atoms with Crippen molar-refractivity contribution in [1.82, 2.24) is 19.3 Å². The molecule has 0 atom stereocenters. The van der Waals surface area contributed by atoms with E-state index < -0.39 is 0 Å². The lowest BCUT2D eigenvalue weighted by atomic mass is 10.4. The molecule has 1 N–H and O–H groups in total. The van der Waals surface area contributed by atoms with Crippen molar-refractivity contribution in [2.24, 2.45) is 0 Å². The van der Waals surface area contributed by atoms with E-state index in [9.17, 15) is 0 Å². The Hall–Kier alpha value is -1.78. The van der Waals surface area contributed by atoms with Crippen LogP contribution in [0.25, 0.3) is 0 Å². The number of aryl methyl sites for hydroxylation is 1. The molecule has 0 spiro atoms. The van der Waals surface area contributed by atoms with E-state index in [0.29, 0.717) is 6.04 Å². The number of nitrogens with one attached hydrogen (secondary N) is 1. The summed E-state index contributed by atoms with van der Waals surface area (Å²) in [6.07, 6.45) is 5.73. The Morgan fingerprint density at radius 2 is 2.24 bits per heavy atom. The van der Waals surface area contributed by atoms with Gasteiger partial charge in [-0.1, -0.05) is 0 Å². The molecule has 0 saturated heterocycles. The first-order valence-electron chi connectivity index (χ1n) is 5.98. The predicted molar refractivity (Wildman–Crippen MR) is 67.8 cm³/mol. The molecular formula is C12H19N5. The zero-order valence-corrected chi connectivity index (χ0v) is 10.6. The number of anilines is 1. The third-order valence-electron chi connectivity index (χ3n) is 2.73. The fourth-order valence-electron chi connectivity index (χ4n) is 1.68. The zero-order chi connectivity index (χ0) is 12.3. The highest BCUT2D eigenvalue weighted by molar-refractivity contribution is 5.32. The summed E-state index contributed by atoms with van der Waals surface area (Å²) in [4.78, 5) is 4.14. The van der Waals surface area contributed by atoms with Gasteiger partial charge in [0.25, 0.3) is 0 Å². The van der Waals surface area contributed by atoms with Gasteiger partial charge in [-0.2, -0.15) is 5.10 Å². The van der Waals surface area contributed by atoms with Crippen molar-refractivity contribution in [3.63, 3.8) is 0 Å². The Bertz CT molecular complexity index is 469. The van der Waals surface area contributed by atoms with Crippen molar-refractivity contribution in [2.75, 3.05) is 5.32 Å². The van der Waals surface area contributed by atoms with Crippen LogP contribution in [0.15, 0.2) is 24.8 Å². The summed E-state index contributed by atoms with van der Waals surface area (Å²) in [6.45, 7) is 8.03. The first-order chi connectivity index (χ1) is 8.20. The van der Waals surface area contributed by atoms with Crippen LogP contribution in [0.1, 0.15) is 32.5 Å². The van der Waals surface area contributed by atoms with Crippen molar-refractivity contribution >= 4 is 5.82 Å². The molecule has 92 valence electrons. The van der Waals surface area contributed by atoms with Crippen molar-refractivity contribution < 1.29 is 0 Å². The second-order valence-electron chi connectivity index (χ2n) is 4.30. The molecule has 2 aromatic heterocycles. The maximum absolute atomic E-state index is 4.44. The van der Waals surface area contributed by atoms with Crippen molar-refractivity contribution in [3.8, 4) is 0 Å². The van der Waals surface area contributed by atoms with Crippen LogP contribution in [0.5, 0.6) is 0 Å². The SMILES string of the molecule is CCn1cncc1CNc1ccn(C(C)C)n1. The summed E-state index contributed by atoms with van der Waals surface area (Å²) >= 11 is 0. The molecule has 17 heavy (non-hydrogen) atoms. The van der Waals surface area contributed by atoms with E-state index in [2.05, 4.69) is 40.7 Å². The van der Waals surface area contributed by atoms with Gasteiger partial charge in [0.15, 0.2) is 0 Å². The van der Waals surface area contributed by atoms with Crippen LogP contribution in [0.4, 0.5) is 5.82 Å². The summed E-state index contributed by atoms with van der Waals surface area (Å²) in [5, 5.41) is 7.74. The normalized spacial score (nSPS) is 11.1. The lowest BCUT2D eigenvalue weighted by molar-refractivity contribution is 0.533. The highest BCUT2D eigenvalue weighted by Gasteiger charge is 2.03. The molecule has 0 unspecified atom stereocenters. The summed E-state index contributed by atoms with van der Waals surface area (Å²) < 4.78 is 4.06. The molecule has 0 radical (unpaired) electrons. The fraction of sp³-hybridized carbons (Fsp3) is 0.500. The molecule has 2 aromatic rings. The van der Waals surface area contributed by atoms with Gasteiger partial charge in [-0.05, 0) is 20.8 Å². The van der Waals surface area contributed by atoms with Crippen LogP contribution in [0, 0.1) is 0 Å². The lowest BCUT2D eigenvalue weighted by Gasteiger charge is -2.07. The largest absolute Gasteiger partial charge is 0.363 e.